The van der Waals surface area contributed by atoms with Crippen LogP contribution in [0.2, 0.25) is 5.02 Å². The van der Waals surface area contributed by atoms with Gasteiger partial charge in [-0.2, -0.15) is 0 Å². The van der Waals surface area contributed by atoms with Crippen molar-refractivity contribution in [3.63, 3.8) is 0 Å². The van der Waals surface area contributed by atoms with E-state index >= 15 is 0 Å². The van der Waals surface area contributed by atoms with E-state index in [1.807, 2.05) is 18.7 Å². The van der Waals surface area contributed by atoms with Crippen LogP contribution in [0.15, 0.2) is 23.4 Å². The molecule has 0 aromatic heterocycles. The number of benzene rings is 1. The normalized spacial score (nSPS) is 21.2. The van der Waals surface area contributed by atoms with Crippen LogP contribution in [0.4, 0.5) is 0 Å². The van der Waals surface area contributed by atoms with Gasteiger partial charge in [-0.3, -0.25) is 4.79 Å². The number of nitrogens with zero attached hydrogens (tertiary/aromatic N) is 2. The van der Waals surface area contributed by atoms with Gasteiger partial charge in [0.1, 0.15) is 0 Å². The van der Waals surface area contributed by atoms with E-state index in [4.69, 9.17) is 16.8 Å². The van der Waals surface area contributed by atoms with Crippen molar-refractivity contribution in [2.24, 2.45) is 11.1 Å². The molecule has 0 aliphatic carbocycles. The first kappa shape index (κ1) is 14.9. The molecule has 20 heavy (non-hydrogen) atoms. The number of rotatable bonds is 2. The Balaban J connectivity index is 2.18. The Morgan fingerprint density at radius 1 is 1.55 bits per heavy atom. The Kier molecular flexibility index (Phi) is 4.65. The SMILES string of the molecule is CCC1CN(C(=O)c2ccc(Cl)cc2C)CC/C1=N\O. The minimum absolute atomic E-state index is 0.0228. The number of amides is 1. The molecular weight excluding hydrogens is 276 g/mol. The van der Waals surface area contributed by atoms with Crippen LogP contribution in [-0.4, -0.2) is 34.8 Å². The quantitative estimate of drug-likeness (QED) is 0.672. The minimum Gasteiger partial charge on any atom is -0.411 e. The Hall–Kier alpha value is -1.55. The summed E-state index contributed by atoms with van der Waals surface area (Å²) in [7, 11) is 0. The number of hydrogen-bond donors (Lipinski definition) is 1. The second-order valence-electron chi connectivity index (χ2n) is 5.16. The molecule has 1 aliphatic heterocycles. The molecule has 1 heterocycles. The highest BCUT2D eigenvalue weighted by molar-refractivity contribution is 6.30. The van der Waals surface area contributed by atoms with Gasteiger partial charge in [0, 0.05) is 36.0 Å². The van der Waals surface area contributed by atoms with E-state index in [0.717, 1.165) is 17.7 Å². The molecule has 1 aliphatic rings. The molecule has 0 radical (unpaired) electrons. The molecule has 1 atom stereocenters. The maximum atomic E-state index is 12.6. The molecule has 2 rings (SSSR count). The highest BCUT2D eigenvalue weighted by Gasteiger charge is 2.28. The summed E-state index contributed by atoms with van der Waals surface area (Å²) < 4.78 is 0. The average molecular weight is 295 g/mol. The fraction of sp³-hybridized carbons (Fsp3) is 0.467. The molecule has 1 aromatic rings. The van der Waals surface area contributed by atoms with E-state index < -0.39 is 0 Å². The molecule has 1 unspecified atom stereocenters. The molecule has 4 nitrogen and oxygen atoms in total. The molecule has 1 amide bonds. The van der Waals surface area contributed by atoms with E-state index in [1.165, 1.54) is 0 Å². The lowest BCUT2D eigenvalue weighted by molar-refractivity contribution is 0.0728. The third kappa shape index (κ3) is 2.96. The topological polar surface area (TPSA) is 52.9 Å². The highest BCUT2D eigenvalue weighted by Crippen LogP contribution is 2.22. The number of halogens is 1. The zero-order valence-corrected chi connectivity index (χ0v) is 12.5. The first-order chi connectivity index (χ1) is 9.56. The van der Waals surface area contributed by atoms with Gasteiger partial charge < -0.3 is 10.1 Å². The highest BCUT2D eigenvalue weighted by atomic mass is 35.5. The van der Waals surface area contributed by atoms with Gasteiger partial charge in [0.2, 0.25) is 0 Å². The Morgan fingerprint density at radius 3 is 2.90 bits per heavy atom. The maximum absolute atomic E-state index is 12.6. The van der Waals surface area contributed by atoms with Crippen LogP contribution in [0, 0.1) is 12.8 Å². The molecule has 0 bridgehead atoms. The van der Waals surface area contributed by atoms with Crippen LogP contribution in [-0.2, 0) is 0 Å². The van der Waals surface area contributed by atoms with Crippen molar-refractivity contribution in [1.29, 1.82) is 0 Å². The predicted octanol–water partition coefficient (Wildman–Crippen LogP) is 3.35. The van der Waals surface area contributed by atoms with Gasteiger partial charge in [0.15, 0.2) is 0 Å². The summed E-state index contributed by atoms with van der Waals surface area (Å²) in [5.74, 6) is 0.167. The average Bonchev–Trinajstić information content (AvgIpc) is 2.45. The molecule has 5 heteroatoms. The lowest BCUT2D eigenvalue weighted by Gasteiger charge is -2.33. The standard InChI is InChI=1S/C15H19ClN2O2/c1-3-11-9-18(7-6-14(11)17-20)15(19)13-5-4-12(16)8-10(13)2/h4-5,8,11,20H,3,6-7,9H2,1-2H3/b17-14+. The lowest BCUT2D eigenvalue weighted by Crippen LogP contribution is -2.44. The van der Waals surface area contributed by atoms with Gasteiger partial charge in [-0.05, 0) is 37.1 Å². The zero-order chi connectivity index (χ0) is 14.7. The number of likely N-dealkylation sites (tertiary alicyclic amines) is 1. The van der Waals surface area contributed by atoms with Crippen molar-refractivity contribution in [2.75, 3.05) is 13.1 Å². The summed E-state index contributed by atoms with van der Waals surface area (Å²) in [5, 5.41) is 13.0. The molecule has 0 spiro atoms. The van der Waals surface area contributed by atoms with E-state index in [2.05, 4.69) is 5.16 Å². The summed E-state index contributed by atoms with van der Waals surface area (Å²) in [4.78, 5) is 14.4. The summed E-state index contributed by atoms with van der Waals surface area (Å²) in [6.07, 6.45) is 1.50. The summed E-state index contributed by atoms with van der Waals surface area (Å²) >= 11 is 5.92. The van der Waals surface area contributed by atoms with Crippen LogP contribution < -0.4 is 0 Å². The number of aryl methyl sites for hydroxylation is 1. The molecule has 108 valence electrons. The van der Waals surface area contributed by atoms with Gasteiger partial charge in [-0.15, -0.1) is 0 Å². The van der Waals surface area contributed by atoms with E-state index in [1.54, 1.807) is 18.2 Å². The lowest BCUT2D eigenvalue weighted by atomic mass is 9.92. The number of piperidine rings is 1. The molecular formula is C15H19ClN2O2. The first-order valence-electron chi connectivity index (χ1n) is 6.83. The van der Waals surface area contributed by atoms with Crippen molar-refractivity contribution in [2.45, 2.75) is 26.7 Å². The fourth-order valence-electron chi connectivity index (χ4n) is 2.63. The Labute approximate surface area is 124 Å². The third-order valence-electron chi connectivity index (χ3n) is 3.88. The van der Waals surface area contributed by atoms with E-state index in [9.17, 15) is 4.79 Å². The van der Waals surface area contributed by atoms with Gasteiger partial charge in [-0.25, -0.2) is 0 Å². The Morgan fingerprint density at radius 2 is 2.30 bits per heavy atom. The number of oxime groups is 1. The van der Waals surface area contributed by atoms with Crippen molar-refractivity contribution in [3.05, 3.63) is 34.3 Å². The number of hydrogen-bond acceptors (Lipinski definition) is 3. The second-order valence-corrected chi connectivity index (χ2v) is 5.59. The van der Waals surface area contributed by atoms with Crippen LogP contribution in [0.1, 0.15) is 35.7 Å². The summed E-state index contributed by atoms with van der Waals surface area (Å²) in [5.41, 5.74) is 2.37. The number of carbonyl (C=O) groups excluding carboxylic acids is 1. The molecule has 1 fully saturated rings. The zero-order valence-electron chi connectivity index (χ0n) is 11.8. The second kappa shape index (κ2) is 6.27. The van der Waals surface area contributed by atoms with Gasteiger partial charge >= 0.3 is 0 Å². The molecule has 1 aromatic carbocycles. The summed E-state index contributed by atoms with van der Waals surface area (Å²) in [6, 6.07) is 5.32. The minimum atomic E-state index is 0.0228. The van der Waals surface area contributed by atoms with Crippen LogP contribution in [0.5, 0.6) is 0 Å². The first-order valence-corrected chi connectivity index (χ1v) is 7.20. The smallest absolute Gasteiger partial charge is 0.254 e. The molecule has 1 N–H and O–H groups in total. The van der Waals surface area contributed by atoms with Crippen molar-refractivity contribution in [1.82, 2.24) is 4.90 Å². The maximum Gasteiger partial charge on any atom is 0.254 e. The molecule has 1 saturated heterocycles. The van der Waals surface area contributed by atoms with Gasteiger partial charge in [-0.1, -0.05) is 23.7 Å². The molecule has 0 saturated carbocycles. The third-order valence-corrected chi connectivity index (χ3v) is 4.11. The van der Waals surface area contributed by atoms with Crippen LogP contribution >= 0.6 is 11.6 Å². The van der Waals surface area contributed by atoms with Crippen molar-refractivity contribution in [3.8, 4) is 0 Å². The number of carbonyl (C=O) groups is 1. The van der Waals surface area contributed by atoms with Gasteiger partial charge in [0.25, 0.3) is 5.91 Å². The summed E-state index contributed by atoms with van der Waals surface area (Å²) in [6.45, 7) is 5.13. The van der Waals surface area contributed by atoms with Crippen molar-refractivity contribution >= 4 is 23.2 Å². The van der Waals surface area contributed by atoms with E-state index in [-0.39, 0.29) is 11.8 Å². The fourth-order valence-corrected chi connectivity index (χ4v) is 2.86. The predicted molar refractivity (Wildman–Crippen MR) is 79.7 cm³/mol. The van der Waals surface area contributed by atoms with E-state index in [0.29, 0.717) is 30.1 Å². The monoisotopic (exact) mass is 294 g/mol. The van der Waals surface area contributed by atoms with Crippen LogP contribution in [0.3, 0.4) is 0 Å². The van der Waals surface area contributed by atoms with Crippen LogP contribution in [0.25, 0.3) is 0 Å². The largest absolute Gasteiger partial charge is 0.411 e. The Bertz CT molecular complexity index is 543. The van der Waals surface area contributed by atoms with Gasteiger partial charge in [0.05, 0.1) is 5.71 Å². The van der Waals surface area contributed by atoms with Crippen molar-refractivity contribution < 1.29 is 10.0 Å².